The van der Waals surface area contributed by atoms with Gasteiger partial charge in [-0.05, 0) is 37.1 Å². The van der Waals surface area contributed by atoms with Crippen molar-refractivity contribution in [3.8, 4) is 0 Å². The molecule has 1 aliphatic rings. The van der Waals surface area contributed by atoms with Gasteiger partial charge in [-0.25, -0.2) is 4.79 Å². The monoisotopic (exact) mass is 432 g/mol. The summed E-state index contributed by atoms with van der Waals surface area (Å²) in [6.45, 7) is 4.13. The van der Waals surface area contributed by atoms with Gasteiger partial charge in [-0.2, -0.15) is 0 Å². The van der Waals surface area contributed by atoms with Gasteiger partial charge in [-0.3, -0.25) is 4.79 Å². The minimum Gasteiger partial charge on any atom is -0.350 e. The van der Waals surface area contributed by atoms with Gasteiger partial charge < -0.3 is 21.3 Å². The lowest BCUT2D eigenvalue weighted by molar-refractivity contribution is -0.123. The highest BCUT2D eigenvalue weighted by molar-refractivity contribution is 9.10. The molecule has 0 aliphatic carbocycles. The van der Waals surface area contributed by atoms with Crippen LogP contribution in [-0.2, 0) is 11.3 Å². The molecule has 140 valence electrons. The van der Waals surface area contributed by atoms with Crippen molar-refractivity contribution in [1.82, 2.24) is 21.3 Å². The first-order chi connectivity index (χ1) is 11.6. The quantitative estimate of drug-likeness (QED) is 0.532. The van der Waals surface area contributed by atoms with Crippen molar-refractivity contribution in [3.05, 3.63) is 34.3 Å². The number of carbonyl (C=O) groups excluding carboxylic acids is 2. The largest absolute Gasteiger partial charge is 0.350 e. The Balaban J connectivity index is 0.00000312. The second kappa shape index (κ2) is 11.3. The van der Waals surface area contributed by atoms with Crippen LogP contribution >= 0.6 is 28.3 Å². The van der Waals surface area contributed by atoms with E-state index in [1.807, 2.05) is 31.2 Å². The van der Waals surface area contributed by atoms with Crippen LogP contribution in [0.5, 0.6) is 0 Å². The Labute approximate surface area is 163 Å². The van der Waals surface area contributed by atoms with E-state index in [1.165, 1.54) is 0 Å². The summed E-state index contributed by atoms with van der Waals surface area (Å²) in [5.41, 5.74) is 1.00. The highest BCUT2D eigenvalue weighted by Gasteiger charge is 2.24. The van der Waals surface area contributed by atoms with E-state index in [2.05, 4.69) is 37.2 Å². The van der Waals surface area contributed by atoms with Crippen molar-refractivity contribution in [1.29, 1.82) is 0 Å². The Morgan fingerprint density at radius 3 is 2.64 bits per heavy atom. The number of halogens is 2. The molecular formula is C17H26BrClN4O2. The summed E-state index contributed by atoms with van der Waals surface area (Å²) >= 11 is 3.38. The zero-order chi connectivity index (χ0) is 17.4. The van der Waals surface area contributed by atoms with Crippen molar-refractivity contribution in [2.75, 3.05) is 13.1 Å². The second-order valence-corrected chi connectivity index (χ2v) is 6.91. The van der Waals surface area contributed by atoms with Crippen molar-refractivity contribution in [2.45, 2.75) is 44.8 Å². The van der Waals surface area contributed by atoms with Gasteiger partial charge in [0, 0.05) is 23.6 Å². The van der Waals surface area contributed by atoms with Crippen molar-refractivity contribution in [3.63, 3.8) is 0 Å². The highest BCUT2D eigenvalue weighted by Crippen LogP contribution is 2.10. The molecule has 1 aromatic rings. The highest BCUT2D eigenvalue weighted by atomic mass is 79.9. The third-order valence-electron chi connectivity index (χ3n) is 3.97. The van der Waals surface area contributed by atoms with Crippen LogP contribution in [0.25, 0.3) is 0 Å². The maximum atomic E-state index is 12.3. The number of benzene rings is 1. The molecule has 0 saturated carbocycles. The molecule has 4 N–H and O–H groups in total. The van der Waals surface area contributed by atoms with Crippen molar-refractivity contribution < 1.29 is 9.59 Å². The van der Waals surface area contributed by atoms with E-state index in [0.717, 1.165) is 36.0 Å². The topological polar surface area (TPSA) is 82.3 Å². The molecule has 0 aromatic heterocycles. The molecule has 2 atom stereocenters. The molecule has 8 heteroatoms. The Hall–Kier alpha value is -1.31. The first-order valence-corrected chi connectivity index (χ1v) is 9.17. The fourth-order valence-electron chi connectivity index (χ4n) is 2.63. The molecule has 0 bridgehead atoms. The zero-order valence-electron chi connectivity index (χ0n) is 14.3. The third kappa shape index (κ3) is 7.63. The second-order valence-electron chi connectivity index (χ2n) is 5.99. The number of urea groups is 1. The van der Waals surface area contributed by atoms with Gasteiger partial charge in [0.05, 0.1) is 0 Å². The van der Waals surface area contributed by atoms with E-state index in [0.29, 0.717) is 13.0 Å². The van der Waals surface area contributed by atoms with Crippen LogP contribution in [0.1, 0.15) is 31.7 Å². The molecule has 2 rings (SSSR count). The summed E-state index contributed by atoms with van der Waals surface area (Å²) in [7, 11) is 0. The molecule has 1 saturated heterocycles. The number of hydrogen-bond acceptors (Lipinski definition) is 3. The molecule has 1 aromatic carbocycles. The van der Waals surface area contributed by atoms with Gasteiger partial charge in [0.1, 0.15) is 6.04 Å². The molecule has 0 radical (unpaired) electrons. The lowest BCUT2D eigenvalue weighted by atomic mass is 10.1. The van der Waals surface area contributed by atoms with E-state index in [-0.39, 0.29) is 30.4 Å². The molecular weight excluding hydrogens is 408 g/mol. The molecule has 0 spiro atoms. The lowest BCUT2D eigenvalue weighted by Crippen LogP contribution is -2.52. The maximum absolute atomic E-state index is 12.3. The van der Waals surface area contributed by atoms with Gasteiger partial charge >= 0.3 is 6.03 Å². The van der Waals surface area contributed by atoms with Crippen LogP contribution in [0.2, 0.25) is 0 Å². The predicted molar refractivity (Wildman–Crippen MR) is 105 cm³/mol. The van der Waals surface area contributed by atoms with Gasteiger partial charge in [-0.1, -0.05) is 41.4 Å². The Morgan fingerprint density at radius 1 is 1.32 bits per heavy atom. The summed E-state index contributed by atoms with van der Waals surface area (Å²) in [6.07, 6.45) is 2.38. The molecule has 1 fully saturated rings. The van der Waals surface area contributed by atoms with Gasteiger partial charge in [0.15, 0.2) is 0 Å². The first kappa shape index (κ1) is 21.7. The van der Waals surface area contributed by atoms with Crippen molar-refractivity contribution >= 4 is 40.3 Å². The van der Waals surface area contributed by atoms with Gasteiger partial charge in [0.2, 0.25) is 5.91 Å². The number of hydrogen-bond donors (Lipinski definition) is 4. The number of amides is 3. The summed E-state index contributed by atoms with van der Waals surface area (Å²) in [5, 5.41) is 11.8. The predicted octanol–water partition coefficient (Wildman–Crippen LogP) is 2.32. The normalized spacial score (nSPS) is 17.3. The average Bonchev–Trinajstić information content (AvgIpc) is 3.07. The summed E-state index contributed by atoms with van der Waals surface area (Å²) in [5.74, 6) is -0.107. The van der Waals surface area contributed by atoms with E-state index >= 15 is 0 Å². The molecule has 3 amide bonds. The number of carbonyl (C=O) groups is 2. The van der Waals surface area contributed by atoms with Crippen LogP contribution in [0.3, 0.4) is 0 Å². The van der Waals surface area contributed by atoms with E-state index in [9.17, 15) is 9.59 Å². The first-order valence-electron chi connectivity index (χ1n) is 8.38. The zero-order valence-corrected chi connectivity index (χ0v) is 16.7. The van der Waals surface area contributed by atoms with Crippen LogP contribution in [0.4, 0.5) is 4.79 Å². The SMILES string of the molecule is CCCC(NC(=O)NCc1ccc(Br)cc1)C(=O)NC1CCNC1.Cl. The van der Waals surface area contributed by atoms with Crippen LogP contribution in [0.15, 0.2) is 28.7 Å². The minimum atomic E-state index is -0.500. The van der Waals surface area contributed by atoms with E-state index in [4.69, 9.17) is 0 Å². The Morgan fingerprint density at radius 2 is 2.04 bits per heavy atom. The summed E-state index contributed by atoms with van der Waals surface area (Å²) in [6, 6.07) is 7.07. The van der Waals surface area contributed by atoms with Crippen LogP contribution in [-0.4, -0.2) is 37.1 Å². The third-order valence-corrected chi connectivity index (χ3v) is 4.50. The average molecular weight is 434 g/mol. The lowest BCUT2D eigenvalue weighted by Gasteiger charge is -2.20. The van der Waals surface area contributed by atoms with Crippen molar-refractivity contribution in [2.24, 2.45) is 0 Å². The molecule has 1 aliphatic heterocycles. The number of nitrogens with one attached hydrogen (secondary N) is 4. The Kier molecular flexibility index (Phi) is 9.85. The minimum absolute atomic E-state index is 0. The van der Waals surface area contributed by atoms with E-state index in [1.54, 1.807) is 0 Å². The van der Waals surface area contributed by atoms with Gasteiger partial charge in [0.25, 0.3) is 0 Å². The van der Waals surface area contributed by atoms with Gasteiger partial charge in [-0.15, -0.1) is 12.4 Å². The standard InChI is InChI=1S/C17H25BrN4O2.ClH/c1-2-3-15(16(23)21-14-8-9-19-11-14)22-17(24)20-10-12-4-6-13(18)7-5-12;/h4-7,14-15,19H,2-3,8-11H2,1H3,(H,21,23)(H2,20,22,24);1H. The molecule has 6 nitrogen and oxygen atoms in total. The van der Waals surface area contributed by atoms with Crippen LogP contribution in [0, 0.1) is 0 Å². The fourth-order valence-corrected chi connectivity index (χ4v) is 2.90. The fraction of sp³-hybridized carbons (Fsp3) is 0.529. The molecule has 2 unspecified atom stereocenters. The maximum Gasteiger partial charge on any atom is 0.315 e. The van der Waals surface area contributed by atoms with Crippen LogP contribution < -0.4 is 21.3 Å². The summed E-state index contributed by atoms with van der Waals surface area (Å²) < 4.78 is 0.997. The smallest absolute Gasteiger partial charge is 0.315 e. The Bertz CT molecular complexity index is 550. The molecule has 25 heavy (non-hydrogen) atoms. The summed E-state index contributed by atoms with van der Waals surface area (Å²) in [4.78, 5) is 24.4. The molecule has 1 heterocycles. The number of rotatable bonds is 7. The van der Waals surface area contributed by atoms with E-state index < -0.39 is 6.04 Å².